The Hall–Kier alpha value is -1.84. The SMILES string of the molecule is CCNC(=O)CCOc1ccc(C=O)cc1. The van der Waals surface area contributed by atoms with Crippen LogP contribution in [0.1, 0.15) is 23.7 Å². The van der Waals surface area contributed by atoms with Crippen LogP contribution in [0, 0.1) is 0 Å². The molecule has 0 aromatic heterocycles. The predicted octanol–water partition coefficient (Wildman–Crippen LogP) is 1.40. The average molecular weight is 221 g/mol. The van der Waals surface area contributed by atoms with E-state index in [0.717, 1.165) is 6.29 Å². The lowest BCUT2D eigenvalue weighted by Crippen LogP contribution is -2.24. The highest BCUT2D eigenvalue weighted by Gasteiger charge is 2.00. The highest BCUT2D eigenvalue weighted by atomic mass is 16.5. The molecular weight excluding hydrogens is 206 g/mol. The molecule has 1 rings (SSSR count). The maximum atomic E-state index is 11.1. The Balaban J connectivity index is 2.31. The topological polar surface area (TPSA) is 55.4 Å². The molecule has 4 nitrogen and oxygen atoms in total. The second-order valence-electron chi connectivity index (χ2n) is 3.24. The van der Waals surface area contributed by atoms with Crippen molar-refractivity contribution in [2.24, 2.45) is 0 Å². The summed E-state index contributed by atoms with van der Waals surface area (Å²) >= 11 is 0. The van der Waals surface area contributed by atoms with Crippen molar-refractivity contribution in [3.8, 4) is 5.75 Å². The smallest absolute Gasteiger partial charge is 0.223 e. The van der Waals surface area contributed by atoms with Gasteiger partial charge in [-0.05, 0) is 31.2 Å². The lowest BCUT2D eigenvalue weighted by molar-refractivity contribution is -0.121. The van der Waals surface area contributed by atoms with Crippen molar-refractivity contribution in [3.05, 3.63) is 29.8 Å². The van der Waals surface area contributed by atoms with Crippen molar-refractivity contribution in [2.45, 2.75) is 13.3 Å². The molecule has 0 aliphatic carbocycles. The van der Waals surface area contributed by atoms with Gasteiger partial charge in [-0.2, -0.15) is 0 Å². The van der Waals surface area contributed by atoms with Gasteiger partial charge in [-0.15, -0.1) is 0 Å². The van der Waals surface area contributed by atoms with E-state index in [1.807, 2.05) is 6.92 Å². The van der Waals surface area contributed by atoms with E-state index in [-0.39, 0.29) is 5.91 Å². The summed E-state index contributed by atoms with van der Waals surface area (Å²) in [6.45, 7) is 2.84. The van der Waals surface area contributed by atoms with Gasteiger partial charge >= 0.3 is 0 Å². The first kappa shape index (κ1) is 12.2. The first-order chi connectivity index (χ1) is 7.76. The Kier molecular flexibility index (Phi) is 5.05. The van der Waals surface area contributed by atoms with E-state index >= 15 is 0 Å². The van der Waals surface area contributed by atoms with Crippen LogP contribution in [-0.2, 0) is 4.79 Å². The minimum Gasteiger partial charge on any atom is -0.493 e. The minimum atomic E-state index is -0.0213. The number of nitrogens with one attached hydrogen (secondary N) is 1. The van der Waals surface area contributed by atoms with Gasteiger partial charge in [0.1, 0.15) is 12.0 Å². The maximum absolute atomic E-state index is 11.1. The van der Waals surface area contributed by atoms with Crippen LogP contribution < -0.4 is 10.1 Å². The number of carbonyl (C=O) groups is 2. The van der Waals surface area contributed by atoms with E-state index in [4.69, 9.17) is 4.74 Å². The summed E-state index contributed by atoms with van der Waals surface area (Å²) in [5.74, 6) is 0.641. The van der Waals surface area contributed by atoms with Crippen molar-refractivity contribution < 1.29 is 14.3 Å². The molecule has 16 heavy (non-hydrogen) atoms. The van der Waals surface area contributed by atoms with Crippen LogP contribution in [0.3, 0.4) is 0 Å². The first-order valence-corrected chi connectivity index (χ1v) is 5.21. The molecule has 0 heterocycles. The van der Waals surface area contributed by atoms with Crippen LogP contribution in [0.5, 0.6) is 5.75 Å². The fraction of sp³-hybridized carbons (Fsp3) is 0.333. The van der Waals surface area contributed by atoms with Gasteiger partial charge in [-0.25, -0.2) is 0 Å². The molecule has 0 unspecified atom stereocenters. The molecule has 1 amide bonds. The number of benzene rings is 1. The fourth-order valence-corrected chi connectivity index (χ4v) is 1.19. The molecule has 0 saturated carbocycles. The Morgan fingerprint density at radius 3 is 2.62 bits per heavy atom. The number of hydrogen-bond donors (Lipinski definition) is 1. The highest BCUT2D eigenvalue weighted by Crippen LogP contribution is 2.11. The molecule has 0 aliphatic heterocycles. The highest BCUT2D eigenvalue weighted by molar-refractivity contribution is 5.76. The molecule has 86 valence electrons. The van der Waals surface area contributed by atoms with Crippen LogP contribution in [0.2, 0.25) is 0 Å². The second-order valence-corrected chi connectivity index (χ2v) is 3.24. The standard InChI is InChI=1S/C12H15NO3/c1-2-13-12(15)7-8-16-11-5-3-10(9-14)4-6-11/h3-6,9H,2,7-8H2,1H3,(H,13,15). The third-order valence-corrected chi connectivity index (χ3v) is 1.99. The number of carbonyl (C=O) groups excluding carboxylic acids is 2. The van der Waals surface area contributed by atoms with E-state index < -0.39 is 0 Å². The van der Waals surface area contributed by atoms with E-state index in [0.29, 0.717) is 30.9 Å². The number of aldehydes is 1. The fourth-order valence-electron chi connectivity index (χ4n) is 1.19. The van der Waals surface area contributed by atoms with Crippen LogP contribution in [0.25, 0.3) is 0 Å². The summed E-state index contributed by atoms with van der Waals surface area (Å²) in [6.07, 6.45) is 1.11. The second kappa shape index (κ2) is 6.61. The van der Waals surface area contributed by atoms with E-state index in [1.165, 1.54) is 0 Å². The summed E-state index contributed by atoms with van der Waals surface area (Å²) in [6, 6.07) is 6.77. The molecule has 0 spiro atoms. The van der Waals surface area contributed by atoms with Gasteiger partial charge in [0.15, 0.2) is 0 Å². The van der Waals surface area contributed by atoms with E-state index in [1.54, 1.807) is 24.3 Å². The van der Waals surface area contributed by atoms with Crippen molar-refractivity contribution in [2.75, 3.05) is 13.2 Å². The molecule has 1 aromatic carbocycles. The van der Waals surface area contributed by atoms with Gasteiger partial charge in [0.05, 0.1) is 13.0 Å². The molecule has 0 saturated heterocycles. The molecule has 1 N–H and O–H groups in total. The molecule has 4 heteroatoms. The quantitative estimate of drug-likeness (QED) is 0.739. The zero-order chi connectivity index (χ0) is 11.8. The maximum Gasteiger partial charge on any atom is 0.223 e. The third kappa shape index (κ3) is 4.13. The lowest BCUT2D eigenvalue weighted by atomic mass is 10.2. The Morgan fingerprint density at radius 2 is 2.06 bits per heavy atom. The van der Waals surface area contributed by atoms with E-state index in [2.05, 4.69) is 5.32 Å². The third-order valence-electron chi connectivity index (χ3n) is 1.99. The van der Waals surface area contributed by atoms with E-state index in [9.17, 15) is 9.59 Å². The van der Waals surface area contributed by atoms with Crippen LogP contribution in [0.4, 0.5) is 0 Å². The summed E-state index contributed by atoms with van der Waals surface area (Å²) < 4.78 is 5.35. The van der Waals surface area contributed by atoms with Gasteiger partial charge < -0.3 is 10.1 Å². The van der Waals surface area contributed by atoms with Crippen LogP contribution in [-0.4, -0.2) is 25.3 Å². The Bertz CT molecular complexity index is 346. The lowest BCUT2D eigenvalue weighted by Gasteiger charge is -2.06. The minimum absolute atomic E-state index is 0.0213. The molecule has 0 radical (unpaired) electrons. The summed E-state index contributed by atoms with van der Waals surface area (Å²) in [5, 5.41) is 2.68. The van der Waals surface area contributed by atoms with Crippen molar-refractivity contribution >= 4 is 12.2 Å². The predicted molar refractivity (Wildman–Crippen MR) is 60.6 cm³/mol. The normalized spacial score (nSPS) is 9.56. The first-order valence-electron chi connectivity index (χ1n) is 5.21. The Labute approximate surface area is 94.6 Å². The number of rotatable bonds is 6. The number of ether oxygens (including phenoxy) is 1. The van der Waals surface area contributed by atoms with Crippen molar-refractivity contribution in [1.29, 1.82) is 0 Å². The zero-order valence-corrected chi connectivity index (χ0v) is 9.23. The van der Waals surface area contributed by atoms with Crippen molar-refractivity contribution in [1.82, 2.24) is 5.32 Å². The molecule has 1 aromatic rings. The summed E-state index contributed by atoms with van der Waals surface area (Å²) in [4.78, 5) is 21.5. The van der Waals surface area contributed by atoms with Gasteiger partial charge in [-0.3, -0.25) is 9.59 Å². The number of hydrogen-bond acceptors (Lipinski definition) is 3. The van der Waals surface area contributed by atoms with Gasteiger partial charge in [-0.1, -0.05) is 0 Å². The molecular formula is C12H15NO3. The monoisotopic (exact) mass is 221 g/mol. The van der Waals surface area contributed by atoms with Crippen molar-refractivity contribution in [3.63, 3.8) is 0 Å². The largest absolute Gasteiger partial charge is 0.493 e. The molecule has 0 atom stereocenters. The summed E-state index contributed by atoms with van der Waals surface area (Å²) in [7, 11) is 0. The molecule has 0 bridgehead atoms. The van der Waals surface area contributed by atoms with Crippen LogP contribution in [0.15, 0.2) is 24.3 Å². The van der Waals surface area contributed by atoms with Gasteiger partial charge in [0.2, 0.25) is 5.91 Å². The zero-order valence-electron chi connectivity index (χ0n) is 9.23. The van der Waals surface area contributed by atoms with Gasteiger partial charge in [0, 0.05) is 12.1 Å². The van der Waals surface area contributed by atoms with Gasteiger partial charge in [0.25, 0.3) is 0 Å². The molecule has 0 aliphatic rings. The summed E-state index contributed by atoms with van der Waals surface area (Å²) in [5.41, 5.74) is 0.607. The van der Waals surface area contributed by atoms with Crippen LogP contribution >= 0.6 is 0 Å². The Morgan fingerprint density at radius 1 is 1.38 bits per heavy atom. The number of amides is 1. The average Bonchev–Trinajstić information content (AvgIpc) is 2.30. The molecule has 0 fully saturated rings.